The number of hydrogen-bond donors (Lipinski definition) is 0. The van der Waals surface area contributed by atoms with Gasteiger partial charge in [-0.15, -0.1) is 0 Å². The van der Waals surface area contributed by atoms with Crippen molar-refractivity contribution >= 4 is 50.9 Å². The molecule has 0 heterocycles. The average Bonchev–Trinajstić information content (AvgIpc) is 2.66. The molecule has 2 unspecified atom stereocenters. The van der Waals surface area contributed by atoms with Crippen molar-refractivity contribution in [2.45, 2.75) is 62.2 Å². The Morgan fingerprint density at radius 2 is 1.04 bits per heavy atom. The van der Waals surface area contributed by atoms with E-state index in [1.807, 2.05) is 31.4 Å². The van der Waals surface area contributed by atoms with Crippen LogP contribution in [0.4, 0.5) is 0 Å². The summed E-state index contributed by atoms with van der Waals surface area (Å²) in [5, 5.41) is 0. The lowest BCUT2D eigenvalue weighted by Crippen LogP contribution is -2.37. The van der Waals surface area contributed by atoms with Crippen LogP contribution in [0.25, 0.3) is 0 Å². The first-order valence-electron chi connectivity index (χ1n) is 8.29. The van der Waals surface area contributed by atoms with Crippen LogP contribution in [0.3, 0.4) is 0 Å². The van der Waals surface area contributed by atoms with Crippen LogP contribution in [0, 0.1) is 0 Å². The molecule has 0 bridgehead atoms. The molecule has 0 spiro atoms. The lowest BCUT2D eigenvalue weighted by atomic mass is 10.6. The molecule has 0 fully saturated rings. The third kappa shape index (κ3) is 11.0. The molecule has 2 atom stereocenters. The second-order valence-electron chi connectivity index (χ2n) is 5.48. The largest absolute Gasteiger partial charge is 0.375 e. The van der Waals surface area contributed by atoms with Gasteiger partial charge < -0.3 is 27.8 Å². The third-order valence-corrected chi connectivity index (χ3v) is 15.2. The second kappa shape index (κ2) is 14.3. The average molecular weight is 451 g/mol. The van der Waals surface area contributed by atoms with Gasteiger partial charge in [0.25, 0.3) is 11.9 Å². The van der Waals surface area contributed by atoms with Gasteiger partial charge in [0.05, 0.1) is 0 Å². The van der Waals surface area contributed by atoms with E-state index in [0.29, 0.717) is 9.75 Å². The standard InChI is InChI=1S/C14H34O6S3Si2/c1-9-11(24-19-13(3,15-5)16-6)21-23-22-12(10-2)25-20-14(4,17-7)18-8/h11-12H,9-10,24-25H2,1-8H3. The minimum atomic E-state index is -0.921. The Bertz CT molecular complexity index is 306. The van der Waals surface area contributed by atoms with Crippen molar-refractivity contribution < 1.29 is 27.8 Å². The zero-order valence-electron chi connectivity index (χ0n) is 16.7. The van der Waals surface area contributed by atoms with E-state index in [0.717, 1.165) is 12.8 Å². The minimum absolute atomic E-state index is 0.505. The van der Waals surface area contributed by atoms with Gasteiger partial charge in [-0.2, -0.15) is 0 Å². The predicted molar refractivity (Wildman–Crippen MR) is 115 cm³/mol. The molecule has 0 aliphatic rings. The summed E-state index contributed by atoms with van der Waals surface area (Å²) in [6.45, 7) is 7.98. The molecule has 0 aromatic carbocycles. The summed E-state index contributed by atoms with van der Waals surface area (Å²) in [4.78, 5) is 1.01. The topological polar surface area (TPSA) is 55.4 Å². The van der Waals surface area contributed by atoms with E-state index in [1.54, 1.807) is 42.3 Å². The van der Waals surface area contributed by atoms with Crippen LogP contribution in [-0.2, 0) is 27.8 Å². The number of rotatable bonds is 16. The van der Waals surface area contributed by atoms with Crippen LogP contribution in [0.1, 0.15) is 40.5 Å². The Kier molecular flexibility index (Phi) is 15.0. The van der Waals surface area contributed by atoms with Crippen molar-refractivity contribution in [2.24, 2.45) is 0 Å². The highest BCUT2D eigenvalue weighted by Gasteiger charge is 2.27. The molecule has 0 saturated carbocycles. The number of ether oxygens (including phenoxy) is 4. The second-order valence-corrected chi connectivity index (χ2v) is 14.5. The summed E-state index contributed by atoms with van der Waals surface area (Å²) in [5.41, 5.74) is 0. The van der Waals surface area contributed by atoms with Gasteiger partial charge in [0.1, 0.15) is 0 Å². The van der Waals surface area contributed by atoms with Gasteiger partial charge in [0, 0.05) is 52.0 Å². The molecule has 152 valence electrons. The number of hydrogen-bond acceptors (Lipinski definition) is 9. The van der Waals surface area contributed by atoms with Crippen LogP contribution in [0.2, 0.25) is 0 Å². The molecular weight excluding hydrogens is 417 g/mol. The first-order valence-corrected chi connectivity index (χ1v) is 14.7. The zero-order valence-corrected chi connectivity index (χ0v) is 21.9. The van der Waals surface area contributed by atoms with E-state index >= 15 is 0 Å². The van der Waals surface area contributed by atoms with E-state index in [2.05, 4.69) is 13.8 Å². The van der Waals surface area contributed by atoms with Crippen LogP contribution >= 0.6 is 31.4 Å². The fourth-order valence-electron chi connectivity index (χ4n) is 1.45. The molecule has 25 heavy (non-hydrogen) atoms. The van der Waals surface area contributed by atoms with E-state index in [-0.39, 0.29) is 0 Å². The van der Waals surface area contributed by atoms with Gasteiger partial charge in [-0.1, -0.05) is 35.4 Å². The van der Waals surface area contributed by atoms with Crippen LogP contribution in [0.5, 0.6) is 0 Å². The fourth-order valence-corrected chi connectivity index (χ4v) is 12.8. The third-order valence-electron chi connectivity index (χ3n) is 3.81. The lowest BCUT2D eigenvalue weighted by molar-refractivity contribution is -0.311. The summed E-state index contributed by atoms with van der Waals surface area (Å²) in [7, 11) is 10.4. The molecule has 0 aromatic rings. The highest BCUT2D eigenvalue weighted by Crippen LogP contribution is 2.42. The van der Waals surface area contributed by atoms with Gasteiger partial charge in [-0.05, 0) is 22.7 Å². The predicted octanol–water partition coefficient (Wildman–Crippen LogP) is 2.62. The van der Waals surface area contributed by atoms with Crippen molar-refractivity contribution in [1.82, 2.24) is 0 Å². The first-order chi connectivity index (χ1) is 11.8. The SMILES string of the molecule is CCC([SiH2]OC(C)(OC)OC)SSSC(CC)[SiH2]OC(C)(OC)OC. The normalized spacial score (nSPS) is 16.3. The molecule has 0 radical (unpaired) electrons. The Balaban J connectivity index is 4.21. The van der Waals surface area contributed by atoms with E-state index in [9.17, 15) is 0 Å². The summed E-state index contributed by atoms with van der Waals surface area (Å²) in [6.07, 6.45) is 2.15. The quantitative estimate of drug-likeness (QED) is 0.201. The molecule has 0 N–H and O–H groups in total. The molecule has 11 heteroatoms. The molecule has 0 saturated heterocycles. The Labute approximate surface area is 169 Å². The van der Waals surface area contributed by atoms with E-state index in [4.69, 9.17) is 27.8 Å². The van der Waals surface area contributed by atoms with Crippen molar-refractivity contribution in [3.63, 3.8) is 0 Å². The Morgan fingerprint density at radius 1 is 0.720 bits per heavy atom. The maximum absolute atomic E-state index is 5.89. The van der Waals surface area contributed by atoms with Gasteiger partial charge in [0.15, 0.2) is 19.5 Å². The summed E-state index contributed by atoms with van der Waals surface area (Å²) < 4.78 is 32.8. The molecule has 0 aliphatic carbocycles. The Morgan fingerprint density at radius 3 is 1.28 bits per heavy atom. The summed E-state index contributed by atoms with van der Waals surface area (Å²) in [6, 6.07) is 0. The highest BCUT2D eigenvalue weighted by atomic mass is 33.5. The van der Waals surface area contributed by atoms with Crippen LogP contribution in [0.15, 0.2) is 0 Å². The van der Waals surface area contributed by atoms with Crippen molar-refractivity contribution in [1.29, 1.82) is 0 Å². The molecular formula is C14H34O6S3Si2. The molecule has 0 rings (SSSR count). The molecule has 0 amide bonds. The monoisotopic (exact) mass is 450 g/mol. The van der Waals surface area contributed by atoms with Gasteiger partial charge in [0.2, 0.25) is 0 Å². The molecule has 0 aliphatic heterocycles. The van der Waals surface area contributed by atoms with E-state index < -0.39 is 31.5 Å². The molecule has 0 aromatic heterocycles. The van der Waals surface area contributed by atoms with Gasteiger partial charge in [-0.3, -0.25) is 0 Å². The van der Waals surface area contributed by atoms with Crippen molar-refractivity contribution in [3.8, 4) is 0 Å². The van der Waals surface area contributed by atoms with Crippen molar-refractivity contribution in [3.05, 3.63) is 0 Å². The maximum atomic E-state index is 5.89. The van der Waals surface area contributed by atoms with E-state index in [1.165, 1.54) is 0 Å². The minimum Gasteiger partial charge on any atom is -0.375 e. The van der Waals surface area contributed by atoms with Crippen LogP contribution in [-0.4, -0.2) is 69.7 Å². The highest BCUT2D eigenvalue weighted by molar-refractivity contribution is 9.09. The zero-order chi connectivity index (χ0) is 19.3. The lowest BCUT2D eigenvalue weighted by Gasteiger charge is -2.29. The summed E-state index contributed by atoms with van der Waals surface area (Å²) in [5.74, 6) is -1.84. The maximum Gasteiger partial charge on any atom is 0.269 e. The van der Waals surface area contributed by atoms with Gasteiger partial charge in [-0.25, -0.2) is 0 Å². The van der Waals surface area contributed by atoms with Crippen molar-refractivity contribution in [2.75, 3.05) is 28.4 Å². The fraction of sp³-hybridized carbons (Fsp3) is 1.00. The first kappa shape index (κ1) is 26.2. The van der Waals surface area contributed by atoms with Gasteiger partial charge >= 0.3 is 0 Å². The number of methoxy groups -OCH3 is 4. The van der Waals surface area contributed by atoms with Crippen LogP contribution < -0.4 is 0 Å². The summed E-state index contributed by atoms with van der Waals surface area (Å²) >= 11 is 0. The smallest absolute Gasteiger partial charge is 0.269 e. The Hall–Kier alpha value is 1.24. The molecule has 6 nitrogen and oxygen atoms in total.